The molecule has 0 radical (unpaired) electrons. The number of aliphatic hydroxyl groups excluding tert-OH is 1. The van der Waals surface area contributed by atoms with Gasteiger partial charge in [-0.3, -0.25) is 4.79 Å². The molecule has 0 aliphatic rings. The highest BCUT2D eigenvalue weighted by molar-refractivity contribution is 7.10. The Labute approximate surface area is 127 Å². The van der Waals surface area contributed by atoms with Crippen molar-refractivity contribution in [2.45, 2.75) is 19.5 Å². The van der Waals surface area contributed by atoms with Gasteiger partial charge in [-0.25, -0.2) is 4.68 Å². The van der Waals surface area contributed by atoms with Crippen molar-refractivity contribution in [1.29, 1.82) is 0 Å². The van der Waals surface area contributed by atoms with Crippen molar-refractivity contribution in [3.8, 4) is 11.8 Å². The fourth-order valence-corrected chi connectivity index (χ4v) is 2.52. The monoisotopic (exact) mass is 304 g/mol. The minimum Gasteiger partial charge on any atom is -0.395 e. The van der Waals surface area contributed by atoms with Gasteiger partial charge in [0.15, 0.2) is 0 Å². The van der Waals surface area contributed by atoms with Crippen LogP contribution in [0.1, 0.15) is 16.9 Å². The molecule has 2 heterocycles. The molecule has 6 nitrogen and oxygen atoms in total. The van der Waals surface area contributed by atoms with Gasteiger partial charge in [0, 0.05) is 35.5 Å². The summed E-state index contributed by atoms with van der Waals surface area (Å²) >= 11 is 1.57. The Hall–Kier alpha value is -2.17. The number of carbonyl (C=O) groups is 1. The van der Waals surface area contributed by atoms with Crippen molar-refractivity contribution >= 4 is 17.2 Å². The maximum absolute atomic E-state index is 12.0. The highest BCUT2D eigenvalue weighted by Crippen LogP contribution is 2.15. The molecule has 0 aliphatic carbocycles. The van der Waals surface area contributed by atoms with Gasteiger partial charge >= 0.3 is 0 Å². The van der Waals surface area contributed by atoms with Crippen LogP contribution in [0.3, 0.4) is 0 Å². The van der Waals surface area contributed by atoms with Crippen LogP contribution in [0.4, 0.5) is 0 Å². The Morgan fingerprint density at radius 3 is 3.14 bits per heavy atom. The first kappa shape index (κ1) is 15.2. The zero-order valence-corrected chi connectivity index (χ0v) is 12.5. The predicted molar refractivity (Wildman–Crippen MR) is 79.4 cm³/mol. The molecule has 21 heavy (non-hydrogen) atoms. The lowest BCUT2D eigenvalue weighted by atomic mass is 10.3. The van der Waals surface area contributed by atoms with E-state index in [1.807, 2.05) is 11.4 Å². The third-order valence-corrected chi connectivity index (χ3v) is 3.63. The number of thiophene rings is 1. The smallest absolute Gasteiger partial charge is 0.244 e. The largest absolute Gasteiger partial charge is 0.395 e. The Kier molecular flexibility index (Phi) is 5.49. The van der Waals surface area contributed by atoms with Gasteiger partial charge in [-0.2, -0.15) is 0 Å². The van der Waals surface area contributed by atoms with E-state index < -0.39 is 0 Å². The summed E-state index contributed by atoms with van der Waals surface area (Å²) < 4.78 is 1.50. The normalized spacial score (nSPS) is 10.0. The topological polar surface area (TPSA) is 71.2 Å². The molecule has 1 N–H and O–H groups in total. The Morgan fingerprint density at radius 1 is 1.57 bits per heavy atom. The van der Waals surface area contributed by atoms with Crippen molar-refractivity contribution in [3.05, 3.63) is 34.3 Å². The van der Waals surface area contributed by atoms with Gasteiger partial charge in [-0.15, -0.1) is 16.4 Å². The van der Waals surface area contributed by atoms with Crippen LogP contribution >= 0.6 is 11.3 Å². The van der Waals surface area contributed by atoms with E-state index in [2.05, 4.69) is 22.2 Å². The van der Waals surface area contributed by atoms with Crippen LogP contribution in [0.25, 0.3) is 0 Å². The Morgan fingerprint density at radius 2 is 2.43 bits per heavy atom. The standard InChI is InChI=1S/C14H16N4O2S/c1-17(14(20)10-18-6-5-15-16-18)9-13-8-12(11-21-13)4-2-3-7-19/h5-6,8,11,19H,3,7,9-10H2,1H3. The number of aliphatic hydroxyl groups is 1. The second-order valence-corrected chi connectivity index (χ2v) is 5.42. The SMILES string of the molecule is CN(Cc1cc(C#CCCO)cs1)C(=O)Cn1ccnn1. The maximum atomic E-state index is 12.0. The lowest BCUT2D eigenvalue weighted by Crippen LogP contribution is -2.29. The van der Waals surface area contributed by atoms with E-state index in [1.54, 1.807) is 35.7 Å². The molecule has 0 atom stereocenters. The fourth-order valence-electron chi connectivity index (χ4n) is 1.65. The van der Waals surface area contributed by atoms with E-state index in [0.29, 0.717) is 13.0 Å². The number of likely N-dealkylation sites (N-methyl/N-ethyl adjacent to an activating group) is 1. The third kappa shape index (κ3) is 4.70. The van der Waals surface area contributed by atoms with Crippen LogP contribution in [-0.2, 0) is 17.9 Å². The molecule has 0 saturated carbocycles. The van der Waals surface area contributed by atoms with Crippen LogP contribution in [0.2, 0.25) is 0 Å². The lowest BCUT2D eigenvalue weighted by molar-refractivity contribution is -0.131. The molecule has 0 saturated heterocycles. The van der Waals surface area contributed by atoms with E-state index in [4.69, 9.17) is 5.11 Å². The van der Waals surface area contributed by atoms with Gasteiger partial charge in [0.2, 0.25) is 5.91 Å². The second kappa shape index (κ2) is 7.57. The summed E-state index contributed by atoms with van der Waals surface area (Å²) in [6.07, 6.45) is 3.68. The van der Waals surface area contributed by atoms with Crippen LogP contribution in [0.5, 0.6) is 0 Å². The Bertz CT molecular complexity index is 639. The van der Waals surface area contributed by atoms with Crippen LogP contribution in [0, 0.1) is 11.8 Å². The summed E-state index contributed by atoms with van der Waals surface area (Å²) in [6.45, 7) is 0.800. The summed E-state index contributed by atoms with van der Waals surface area (Å²) in [6, 6.07) is 1.97. The van der Waals surface area contributed by atoms with E-state index in [-0.39, 0.29) is 19.1 Å². The average molecular weight is 304 g/mol. The quantitative estimate of drug-likeness (QED) is 0.827. The van der Waals surface area contributed by atoms with Crippen molar-refractivity contribution in [2.75, 3.05) is 13.7 Å². The minimum absolute atomic E-state index is 0.0261. The van der Waals surface area contributed by atoms with Crippen LogP contribution < -0.4 is 0 Å². The number of amides is 1. The summed E-state index contributed by atoms with van der Waals surface area (Å²) in [5.74, 6) is 5.83. The van der Waals surface area contributed by atoms with E-state index in [0.717, 1.165) is 10.4 Å². The van der Waals surface area contributed by atoms with Gasteiger partial charge in [-0.1, -0.05) is 17.1 Å². The summed E-state index contributed by atoms with van der Waals surface area (Å²) in [5, 5.41) is 18.1. The van der Waals surface area contributed by atoms with Crippen molar-refractivity contribution in [3.63, 3.8) is 0 Å². The zero-order valence-electron chi connectivity index (χ0n) is 11.7. The third-order valence-electron chi connectivity index (χ3n) is 2.71. The molecule has 1 amide bonds. The van der Waals surface area contributed by atoms with Gasteiger partial charge < -0.3 is 10.0 Å². The maximum Gasteiger partial charge on any atom is 0.244 e. The minimum atomic E-state index is -0.0261. The molecule has 0 spiro atoms. The number of hydrogen-bond donors (Lipinski definition) is 1. The number of rotatable bonds is 5. The first-order valence-corrected chi connectivity index (χ1v) is 7.32. The molecule has 0 aliphatic heterocycles. The lowest BCUT2D eigenvalue weighted by Gasteiger charge is -2.15. The van der Waals surface area contributed by atoms with Gasteiger partial charge in [0.05, 0.1) is 19.3 Å². The highest BCUT2D eigenvalue weighted by atomic mass is 32.1. The van der Waals surface area contributed by atoms with Crippen molar-refractivity contribution in [1.82, 2.24) is 19.9 Å². The highest BCUT2D eigenvalue weighted by Gasteiger charge is 2.11. The second-order valence-electron chi connectivity index (χ2n) is 4.43. The molecule has 2 aromatic rings. The molecule has 0 fully saturated rings. The molecule has 0 bridgehead atoms. The first-order chi connectivity index (χ1) is 10.2. The van der Waals surface area contributed by atoms with Crippen LogP contribution in [0.15, 0.2) is 23.8 Å². The van der Waals surface area contributed by atoms with Gasteiger partial charge in [0.25, 0.3) is 0 Å². The summed E-state index contributed by atoms with van der Waals surface area (Å²) in [5.41, 5.74) is 0.917. The molecule has 0 unspecified atom stereocenters. The molecular formula is C14H16N4O2S. The molecule has 110 valence electrons. The van der Waals surface area contributed by atoms with Crippen molar-refractivity contribution < 1.29 is 9.90 Å². The predicted octanol–water partition coefficient (Wildman–Crippen LogP) is 0.732. The van der Waals surface area contributed by atoms with Crippen molar-refractivity contribution in [2.24, 2.45) is 0 Å². The summed E-state index contributed by atoms with van der Waals surface area (Å²) in [7, 11) is 1.76. The van der Waals surface area contributed by atoms with E-state index in [1.165, 1.54) is 4.68 Å². The van der Waals surface area contributed by atoms with E-state index in [9.17, 15) is 4.79 Å². The number of nitrogens with zero attached hydrogens (tertiary/aromatic N) is 4. The fraction of sp³-hybridized carbons (Fsp3) is 0.357. The summed E-state index contributed by atoms with van der Waals surface area (Å²) in [4.78, 5) is 14.7. The molecule has 2 aromatic heterocycles. The molecule has 2 rings (SSSR count). The van der Waals surface area contributed by atoms with Crippen LogP contribution in [-0.4, -0.2) is 44.6 Å². The van der Waals surface area contributed by atoms with Gasteiger partial charge in [0.1, 0.15) is 6.54 Å². The Balaban J connectivity index is 1.89. The first-order valence-electron chi connectivity index (χ1n) is 6.44. The molecular weight excluding hydrogens is 288 g/mol. The van der Waals surface area contributed by atoms with E-state index >= 15 is 0 Å². The number of carbonyl (C=O) groups excluding carboxylic acids is 1. The number of aromatic nitrogens is 3. The number of hydrogen-bond acceptors (Lipinski definition) is 5. The van der Waals surface area contributed by atoms with Gasteiger partial charge in [-0.05, 0) is 6.07 Å². The molecule has 0 aromatic carbocycles. The average Bonchev–Trinajstić information content (AvgIpc) is 3.11. The zero-order chi connectivity index (χ0) is 15.1. The molecule has 7 heteroatoms.